The van der Waals surface area contributed by atoms with E-state index in [9.17, 15) is 5.11 Å². The quantitative estimate of drug-likeness (QED) is 0.759. The molecule has 16 heavy (non-hydrogen) atoms. The van der Waals surface area contributed by atoms with E-state index in [1.807, 2.05) is 13.0 Å². The first kappa shape index (κ1) is 12.9. The number of aliphatic hydroxyl groups is 2. The Labute approximate surface area is 96.6 Å². The molecule has 0 unspecified atom stereocenters. The molecule has 4 nitrogen and oxygen atoms in total. The molecule has 90 valence electrons. The minimum atomic E-state index is -0.0196. The Morgan fingerprint density at radius 3 is 2.62 bits per heavy atom. The standard InChI is InChI=1S/C12H20N2O2/c1-3-4-14(5-6-15)12-7-10(2)13-8-11(12)9-16/h7-8,15-16H,3-6,9H2,1-2H3. The van der Waals surface area contributed by atoms with Crippen molar-refractivity contribution in [3.8, 4) is 0 Å². The van der Waals surface area contributed by atoms with E-state index in [-0.39, 0.29) is 13.2 Å². The molecule has 0 atom stereocenters. The Morgan fingerprint density at radius 2 is 2.06 bits per heavy atom. The van der Waals surface area contributed by atoms with Crippen LogP contribution in [0.4, 0.5) is 5.69 Å². The molecular formula is C12H20N2O2. The molecule has 0 aliphatic carbocycles. The van der Waals surface area contributed by atoms with Crippen molar-refractivity contribution in [1.29, 1.82) is 0 Å². The van der Waals surface area contributed by atoms with Gasteiger partial charge >= 0.3 is 0 Å². The fourth-order valence-electron chi connectivity index (χ4n) is 1.73. The first-order valence-electron chi connectivity index (χ1n) is 5.65. The van der Waals surface area contributed by atoms with Crippen LogP contribution >= 0.6 is 0 Å². The summed E-state index contributed by atoms with van der Waals surface area (Å²) < 4.78 is 0. The molecule has 0 saturated heterocycles. The van der Waals surface area contributed by atoms with Crippen molar-refractivity contribution < 1.29 is 10.2 Å². The van der Waals surface area contributed by atoms with Gasteiger partial charge in [-0.05, 0) is 19.4 Å². The highest BCUT2D eigenvalue weighted by Crippen LogP contribution is 2.21. The van der Waals surface area contributed by atoms with Gasteiger partial charge in [0.15, 0.2) is 0 Å². The number of aryl methyl sites for hydroxylation is 1. The fourth-order valence-corrected chi connectivity index (χ4v) is 1.73. The van der Waals surface area contributed by atoms with E-state index in [2.05, 4.69) is 16.8 Å². The van der Waals surface area contributed by atoms with Crippen LogP contribution in [0.5, 0.6) is 0 Å². The maximum absolute atomic E-state index is 9.27. The molecule has 1 aromatic rings. The lowest BCUT2D eigenvalue weighted by Crippen LogP contribution is -2.28. The normalized spacial score (nSPS) is 10.5. The first-order valence-corrected chi connectivity index (χ1v) is 5.65. The third-order valence-electron chi connectivity index (χ3n) is 2.47. The number of nitrogens with zero attached hydrogens (tertiary/aromatic N) is 2. The van der Waals surface area contributed by atoms with E-state index in [0.29, 0.717) is 6.54 Å². The number of hydrogen-bond acceptors (Lipinski definition) is 4. The Bertz CT molecular complexity index is 323. The molecule has 0 spiro atoms. The molecule has 0 amide bonds. The van der Waals surface area contributed by atoms with E-state index in [1.54, 1.807) is 6.20 Å². The van der Waals surface area contributed by atoms with E-state index in [4.69, 9.17) is 5.11 Å². The summed E-state index contributed by atoms with van der Waals surface area (Å²) in [5.41, 5.74) is 2.71. The zero-order valence-electron chi connectivity index (χ0n) is 9.98. The van der Waals surface area contributed by atoms with Gasteiger partial charge in [0.05, 0.1) is 13.2 Å². The minimum absolute atomic E-state index is 0.0196. The molecular weight excluding hydrogens is 204 g/mol. The van der Waals surface area contributed by atoms with Gasteiger partial charge < -0.3 is 15.1 Å². The summed E-state index contributed by atoms with van der Waals surface area (Å²) >= 11 is 0. The third-order valence-corrected chi connectivity index (χ3v) is 2.47. The topological polar surface area (TPSA) is 56.6 Å². The van der Waals surface area contributed by atoms with Crippen LogP contribution in [-0.4, -0.2) is 34.9 Å². The second kappa shape index (κ2) is 6.45. The molecule has 0 radical (unpaired) electrons. The summed E-state index contributed by atoms with van der Waals surface area (Å²) in [5, 5.41) is 18.3. The highest BCUT2D eigenvalue weighted by atomic mass is 16.3. The van der Waals surface area contributed by atoms with Crippen molar-refractivity contribution in [1.82, 2.24) is 4.98 Å². The molecule has 1 heterocycles. The first-order chi connectivity index (χ1) is 7.72. The van der Waals surface area contributed by atoms with Gasteiger partial charge in [-0.1, -0.05) is 6.92 Å². The molecule has 2 N–H and O–H groups in total. The predicted molar refractivity (Wildman–Crippen MR) is 64.5 cm³/mol. The maximum Gasteiger partial charge on any atom is 0.0717 e. The average molecular weight is 224 g/mol. The summed E-state index contributed by atoms with van der Waals surface area (Å²) in [6, 6.07) is 1.96. The van der Waals surface area contributed by atoms with Crippen LogP contribution in [0.15, 0.2) is 12.3 Å². The van der Waals surface area contributed by atoms with Crippen molar-refractivity contribution in [2.24, 2.45) is 0 Å². The molecule has 0 aliphatic rings. The Hall–Kier alpha value is -1.13. The van der Waals surface area contributed by atoms with Crippen LogP contribution in [-0.2, 0) is 6.61 Å². The number of rotatable bonds is 6. The maximum atomic E-state index is 9.27. The van der Waals surface area contributed by atoms with Gasteiger partial charge in [-0.2, -0.15) is 0 Å². The van der Waals surface area contributed by atoms with Gasteiger partial charge in [0.1, 0.15) is 0 Å². The summed E-state index contributed by atoms with van der Waals surface area (Å²) in [5.74, 6) is 0. The lowest BCUT2D eigenvalue weighted by molar-refractivity contribution is 0.280. The summed E-state index contributed by atoms with van der Waals surface area (Å²) in [7, 11) is 0. The highest BCUT2D eigenvalue weighted by Gasteiger charge is 2.10. The zero-order valence-corrected chi connectivity index (χ0v) is 9.98. The van der Waals surface area contributed by atoms with E-state index >= 15 is 0 Å². The Morgan fingerprint density at radius 1 is 1.31 bits per heavy atom. The monoisotopic (exact) mass is 224 g/mol. The average Bonchev–Trinajstić information content (AvgIpc) is 2.29. The van der Waals surface area contributed by atoms with Crippen LogP contribution in [0.1, 0.15) is 24.6 Å². The van der Waals surface area contributed by atoms with Crippen molar-refractivity contribution >= 4 is 5.69 Å². The number of anilines is 1. The van der Waals surface area contributed by atoms with Crippen molar-refractivity contribution in [3.63, 3.8) is 0 Å². The minimum Gasteiger partial charge on any atom is -0.395 e. The summed E-state index contributed by atoms with van der Waals surface area (Å²) in [6.45, 7) is 5.58. The largest absolute Gasteiger partial charge is 0.395 e. The molecule has 0 aromatic carbocycles. The predicted octanol–water partition coefficient (Wildman–Crippen LogP) is 1.09. The second-order valence-corrected chi connectivity index (χ2v) is 3.82. The van der Waals surface area contributed by atoms with E-state index in [1.165, 1.54) is 0 Å². The SMILES string of the molecule is CCCN(CCO)c1cc(C)ncc1CO. The highest BCUT2D eigenvalue weighted by molar-refractivity contribution is 5.53. The van der Waals surface area contributed by atoms with Gasteiger partial charge in [-0.15, -0.1) is 0 Å². The lowest BCUT2D eigenvalue weighted by Gasteiger charge is -2.25. The smallest absolute Gasteiger partial charge is 0.0717 e. The molecule has 0 fully saturated rings. The Balaban J connectivity index is 3.00. The molecule has 0 aliphatic heterocycles. The molecule has 1 aromatic heterocycles. The van der Waals surface area contributed by atoms with Crippen LogP contribution < -0.4 is 4.90 Å². The van der Waals surface area contributed by atoms with E-state index < -0.39 is 0 Å². The number of hydrogen-bond donors (Lipinski definition) is 2. The number of pyridine rings is 1. The number of aliphatic hydroxyl groups excluding tert-OH is 2. The van der Waals surface area contributed by atoms with Gasteiger partial charge in [-0.25, -0.2) is 0 Å². The van der Waals surface area contributed by atoms with Crippen molar-refractivity contribution in [2.75, 3.05) is 24.6 Å². The van der Waals surface area contributed by atoms with Gasteiger partial charge in [0, 0.05) is 36.2 Å². The van der Waals surface area contributed by atoms with Crippen LogP contribution in [0.25, 0.3) is 0 Å². The van der Waals surface area contributed by atoms with Crippen molar-refractivity contribution in [3.05, 3.63) is 23.5 Å². The van der Waals surface area contributed by atoms with Crippen LogP contribution in [0, 0.1) is 6.92 Å². The van der Waals surface area contributed by atoms with Gasteiger partial charge in [0.25, 0.3) is 0 Å². The fraction of sp³-hybridized carbons (Fsp3) is 0.583. The van der Waals surface area contributed by atoms with E-state index in [0.717, 1.165) is 29.9 Å². The van der Waals surface area contributed by atoms with Crippen molar-refractivity contribution in [2.45, 2.75) is 26.9 Å². The molecule has 1 rings (SSSR count). The number of aromatic nitrogens is 1. The van der Waals surface area contributed by atoms with Gasteiger partial charge in [-0.3, -0.25) is 4.98 Å². The van der Waals surface area contributed by atoms with Crippen LogP contribution in [0.2, 0.25) is 0 Å². The molecule has 0 bridgehead atoms. The molecule has 4 heteroatoms. The van der Waals surface area contributed by atoms with Gasteiger partial charge in [0.2, 0.25) is 0 Å². The van der Waals surface area contributed by atoms with Crippen LogP contribution in [0.3, 0.4) is 0 Å². The lowest BCUT2D eigenvalue weighted by atomic mass is 10.2. The zero-order chi connectivity index (χ0) is 12.0. The summed E-state index contributed by atoms with van der Waals surface area (Å²) in [4.78, 5) is 6.25. The second-order valence-electron chi connectivity index (χ2n) is 3.82. The summed E-state index contributed by atoms with van der Waals surface area (Å²) in [6.07, 6.45) is 2.71. The Kier molecular flexibility index (Phi) is 5.22. The third kappa shape index (κ3) is 3.18. The molecule has 0 saturated carbocycles.